The summed E-state index contributed by atoms with van der Waals surface area (Å²) >= 11 is 0. The normalized spacial score (nSPS) is 16.4. The Morgan fingerprint density at radius 3 is 2.25 bits per heavy atom. The molecule has 1 heterocycles. The van der Waals surface area contributed by atoms with Crippen molar-refractivity contribution in [2.75, 3.05) is 26.2 Å². The maximum absolute atomic E-state index is 12.7. The zero-order chi connectivity index (χ0) is 19.6. The number of hydrogen-bond donors (Lipinski definition) is 1. The van der Waals surface area contributed by atoms with Gasteiger partial charge in [-0.15, -0.1) is 0 Å². The highest BCUT2D eigenvalue weighted by molar-refractivity contribution is 7.88. The first-order valence-electron chi connectivity index (χ1n) is 9.47. The fraction of sp³-hybridized carbons (Fsp3) is 0.273. The van der Waals surface area contributed by atoms with Crippen LogP contribution in [0.15, 0.2) is 66.7 Å². The summed E-state index contributed by atoms with van der Waals surface area (Å²) in [6.45, 7) is 2.86. The molecule has 146 valence electrons. The van der Waals surface area contributed by atoms with Crippen LogP contribution >= 0.6 is 0 Å². The van der Waals surface area contributed by atoms with E-state index in [0.717, 1.165) is 21.9 Å². The Morgan fingerprint density at radius 1 is 0.821 bits per heavy atom. The van der Waals surface area contributed by atoms with Gasteiger partial charge in [-0.25, -0.2) is 8.42 Å². The van der Waals surface area contributed by atoms with Gasteiger partial charge in [-0.05, 0) is 22.4 Å². The van der Waals surface area contributed by atoms with Crippen LogP contribution in [-0.4, -0.2) is 48.9 Å². The van der Waals surface area contributed by atoms with Gasteiger partial charge in [0.05, 0.1) is 5.75 Å². The van der Waals surface area contributed by atoms with Gasteiger partial charge in [-0.1, -0.05) is 60.7 Å². The van der Waals surface area contributed by atoms with Crippen LogP contribution in [0.2, 0.25) is 0 Å². The lowest BCUT2D eigenvalue weighted by Crippen LogP contribution is -2.48. The SMILES string of the molecule is O=S(=O)(Cc1ccccc1)N1CCN(Cc2c(O)ccc3ccccc23)CC1. The van der Waals surface area contributed by atoms with Crippen LogP contribution in [0.5, 0.6) is 5.75 Å². The second-order valence-electron chi connectivity index (χ2n) is 7.20. The van der Waals surface area contributed by atoms with Crippen molar-refractivity contribution in [3.63, 3.8) is 0 Å². The molecule has 1 aliphatic heterocycles. The highest BCUT2D eigenvalue weighted by atomic mass is 32.2. The third-order valence-electron chi connectivity index (χ3n) is 5.31. The van der Waals surface area contributed by atoms with E-state index in [9.17, 15) is 13.5 Å². The number of benzene rings is 3. The highest BCUT2D eigenvalue weighted by Gasteiger charge is 2.27. The number of phenols is 1. The molecule has 28 heavy (non-hydrogen) atoms. The number of nitrogens with zero attached hydrogens (tertiary/aromatic N) is 2. The molecule has 0 aromatic heterocycles. The van der Waals surface area contributed by atoms with Crippen LogP contribution in [-0.2, 0) is 22.3 Å². The molecule has 0 atom stereocenters. The van der Waals surface area contributed by atoms with E-state index in [2.05, 4.69) is 4.90 Å². The summed E-state index contributed by atoms with van der Waals surface area (Å²) in [7, 11) is -3.32. The molecule has 1 fully saturated rings. The summed E-state index contributed by atoms with van der Waals surface area (Å²) in [5.41, 5.74) is 1.71. The average Bonchev–Trinajstić information content (AvgIpc) is 2.71. The number of sulfonamides is 1. The summed E-state index contributed by atoms with van der Waals surface area (Å²) in [5, 5.41) is 12.5. The summed E-state index contributed by atoms with van der Waals surface area (Å²) in [5.74, 6) is 0.329. The Kier molecular flexibility index (Phi) is 5.35. The molecule has 1 saturated heterocycles. The zero-order valence-corrected chi connectivity index (χ0v) is 16.5. The van der Waals surface area contributed by atoms with E-state index in [4.69, 9.17) is 0 Å². The second kappa shape index (κ2) is 7.91. The van der Waals surface area contributed by atoms with Gasteiger partial charge in [-0.2, -0.15) is 4.31 Å². The third kappa shape index (κ3) is 4.04. The molecule has 0 amide bonds. The molecule has 1 N–H and O–H groups in total. The van der Waals surface area contributed by atoms with E-state index in [-0.39, 0.29) is 11.5 Å². The average molecular weight is 397 g/mol. The van der Waals surface area contributed by atoms with E-state index < -0.39 is 10.0 Å². The molecule has 0 spiro atoms. The molecule has 0 radical (unpaired) electrons. The fourth-order valence-electron chi connectivity index (χ4n) is 3.76. The fourth-order valence-corrected chi connectivity index (χ4v) is 5.27. The van der Waals surface area contributed by atoms with Crippen molar-refractivity contribution in [3.05, 3.63) is 77.9 Å². The molecule has 1 aliphatic rings. The Balaban J connectivity index is 1.43. The first-order valence-corrected chi connectivity index (χ1v) is 11.1. The van der Waals surface area contributed by atoms with E-state index in [0.29, 0.717) is 32.7 Å². The Labute approximate surface area is 165 Å². The molecular formula is C22H24N2O3S. The quantitative estimate of drug-likeness (QED) is 0.720. The van der Waals surface area contributed by atoms with Crippen LogP contribution in [0, 0.1) is 0 Å². The maximum atomic E-state index is 12.7. The van der Waals surface area contributed by atoms with Crippen molar-refractivity contribution in [1.82, 2.24) is 9.21 Å². The van der Waals surface area contributed by atoms with Gasteiger partial charge in [0, 0.05) is 38.3 Å². The van der Waals surface area contributed by atoms with Crippen LogP contribution in [0.3, 0.4) is 0 Å². The number of fused-ring (bicyclic) bond motifs is 1. The van der Waals surface area contributed by atoms with Crippen molar-refractivity contribution in [1.29, 1.82) is 0 Å². The molecule has 0 bridgehead atoms. The smallest absolute Gasteiger partial charge is 0.218 e. The monoisotopic (exact) mass is 396 g/mol. The van der Waals surface area contributed by atoms with E-state index >= 15 is 0 Å². The van der Waals surface area contributed by atoms with Crippen molar-refractivity contribution in [2.45, 2.75) is 12.3 Å². The second-order valence-corrected chi connectivity index (χ2v) is 9.17. The lowest BCUT2D eigenvalue weighted by molar-refractivity contribution is 0.180. The molecule has 6 heteroatoms. The highest BCUT2D eigenvalue weighted by Crippen LogP contribution is 2.28. The van der Waals surface area contributed by atoms with Crippen molar-refractivity contribution >= 4 is 20.8 Å². The largest absolute Gasteiger partial charge is 0.508 e. The van der Waals surface area contributed by atoms with Crippen molar-refractivity contribution in [3.8, 4) is 5.75 Å². The molecule has 5 nitrogen and oxygen atoms in total. The Morgan fingerprint density at radius 2 is 1.50 bits per heavy atom. The maximum Gasteiger partial charge on any atom is 0.218 e. The first kappa shape index (κ1) is 18.9. The van der Waals surface area contributed by atoms with Gasteiger partial charge in [0.25, 0.3) is 0 Å². The minimum Gasteiger partial charge on any atom is -0.508 e. The Hall–Kier alpha value is -2.41. The summed E-state index contributed by atoms with van der Waals surface area (Å²) < 4.78 is 27.0. The van der Waals surface area contributed by atoms with Gasteiger partial charge >= 0.3 is 0 Å². The molecule has 0 unspecified atom stereocenters. The number of hydrogen-bond acceptors (Lipinski definition) is 4. The van der Waals surface area contributed by atoms with Crippen LogP contribution < -0.4 is 0 Å². The Bertz CT molecular complexity index is 1060. The predicted molar refractivity (Wildman–Crippen MR) is 112 cm³/mol. The van der Waals surface area contributed by atoms with E-state index in [1.165, 1.54) is 0 Å². The zero-order valence-electron chi connectivity index (χ0n) is 15.7. The number of rotatable bonds is 5. The van der Waals surface area contributed by atoms with Gasteiger partial charge < -0.3 is 5.11 Å². The first-order chi connectivity index (χ1) is 13.5. The lowest BCUT2D eigenvalue weighted by Gasteiger charge is -2.34. The third-order valence-corrected chi connectivity index (χ3v) is 7.16. The summed E-state index contributed by atoms with van der Waals surface area (Å²) in [6, 6.07) is 21.0. The predicted octanol–water partition coefficient (Wildman–Crippen LogP) is 3.19. The topological polar surface area (TPSA) is 60.9 Å². The van der Waals surface area contributed by atoms with Crippen LogP contribution in [0.1, 0.15) is 11.1 Å². The number of aromatic hydroxyl groups is 1. The van der Waals surface area contributed by atoms with Crippen LogP contribution in [0.25, 0.3) is 10.8 Å². The minimum absolute atomic E-state index is 0.0396. The standard InChI is InChI=1S/C22H24N2O3S/c25-22-11-10-19-8-4-5-9-20(19)21(22)16-23-12-14-24(15-13-23)28(26,27)17-18-6-2-1-3-7-18/h1-11,25H,12-17H2. The van der Waals surface area contributed by atoms with Gasteiger partial charge in [0.1, 0.15) is 5.75 Å². The lowest BCUT2D eigenvalue weighted by atomic mass is 10.0. The summed E-state index contributed by atoms with van der Waals surface area (Å²) in [6.07, 6.45) is 0. The molecule has 0 aliphatic carbocycles. The number of phenolic OH excluding ortho intramolecular Hbond substituents is 1. The number of piperazine rings is 1. The van der Waals surface area contributed by atoms with Crippen LogP contribution in [0.4, 0.5) is 0 Å². The molecular weight excluding hydrogens is 372 g/mol. The van der Waals surface area contributed by atoms with Gasteiger partial charge in [-0.3, -0.25) is 4.90 Å². The molecule has 0 saturated carbocycles. The van der Waals surface area contributed by atoms with Gasteiger partial charge in [0.2, 0.25) is 10.0 Å². The van der Waals surface area contributed by atoms with Gasteiger partial charge in [0.15, 0.2) is 0 Å². The minimum atomic E-state index is -3.32. The molecule has 3 aromatic carbocycles. The van der Waals surface area contributed by atoms with E-state index in [1.54, 1.807) is 10.4 Å². The summed E-state index contributed by atoms with van der Waals surface area (Å²) in [4.78, 5) is 2.20. The molecule has 4 rings (SSSR count). The van der Waals surface area contributed by atoms with E-state index in [1.807, 2.05) is 60.7 Å². The van der Waals surface area contributed by atoms with Crippen molar-refractivity contribution in [2.24, 2.45) is 0 Å². The molecule has 3 aromatic rings. The van der Waals surface area contributed by atoms with Crippen molar-refractivity contribution < 1.29 is 13.5 Å².